The zero-order chi connectivity index (χ0) is 28.8. The van der Waals surface area contributed by atoms with Crippen molar-refractivity contribution in [3.05, 3.63) is 72.8 Å². The van der Waals surface area contributed by atoms with Gasteiger partial charge in [0.25, 0.3) is 6.01 Å². The van der Waals surface area contributed by atoms with Gasteiger partial charge in [-0.3, -0.25) is 0 Å². The van der Waals surface area contributed by atoms with E-state index in [1.165, 1.54) is 11.4 Å². The number of benzene rings is 3. The second-order valence-corrected chi connectivity index (χ2v) is 11.7. The molecule has 0 atom stereocenters. The van der Waals surface area contributed by atoms with E-state index >= 15 is 0 Å². The molecule has 5 aromatic rings. The van der Waals surface area contributed by atoms with Crippen LogP contribution < -0.4 is 14.7 Å². The molecule has 0 spiro atoms. The van der Waals surface area contributed by atoms with Crippen molar-refractivity contribution < 1.29 is 4.42 Å². The summed E-state index contributed by atoms with van der Waals surface area (Å²) in [6.07, 6.45) is 3.36. The standard InChI is InChI=1S/C33H40N6OS/c1-6-39(33-34-28-12-8-9-13-29(28)40-33)22-10-7-11-23-41-32-35-30(24-14-18-26(19-15-24)37(2)3)31(36-32)25-16-20-27(21-17-25)38(4)5/h8-9,12-21H,6-7,10-11,22-23H2,1-5H3,(H,35,36). The summed E-state index contributed by atoms with van der Waals surface area (Å²) in [6, 6.07) is 25.9. The molecule has 0 radical (unpaired) electrons. The Balaban J connectivity index is 1.21. The van der Waals surface area contributed by atoms with Crippen LogP contribution >= 0.6 is 11.8 Å². The van der Waals surface area contributed by atoms with Crippen molar-refractivity contribution in [3.63, 3.8) is 0 Å². The zero-order valence-corrected chi connectivity index (χ0v) is 25.5. The van der Waals surface area contributed by atoms with Crippen LogP contribution in [0.4, 0.5) is 17.4 Å². The number of oxazole rings is 1. The molecule has 0 saturated carbocycles. The monoisotopic (exact) mass is 568 g/mol. The molecule has 3 aromatic carbocycles. The smallest absolute Gasteiger partial charge is 0.298 e. The Bertz CT molecular complexity index is 1440. The molecule has 0 fully saturated rings. The Morgan fingerprint density at radius 1 is 0.756 bits per heavy atom. The summed E-state index contributed by atoms with van der Waals surface area (Å²) in [4.78, 5) is 19.8. The highest BCUT2D eigenvalue weighted by molar-refractivity contribution is 7.99. The lowest BCUT2D eigenvalue weighted by molar-refractivity contribution is 0.559. The van der Waals surface area contributed by atoms with E-state index in [-0.39, 0.29) is 0 Å². The van der Waals surface area contributed by atoms with Gasteiger partial charge in [0.15, 0.2) is 10.7 Å². The van der Waals surface area contributed by atoms with E-state index in [1.54, 1.807) is 11.8 Å². The number of nitrogens with one attached hydrogen (secondary N) is 1. The Morgan fingerprint density at radius 2 is 1.41 bits per heavy atom. The number of thioether (sulfide) groups is 1. The topological polar surface area (TPSA) is 64.4 Å². The molecule has 214 valence electrons. The molecule has 2 heterocycles. The lowest BCUT2D eigenvalue weighted by atomic mass is 10.0. The number of aromatic amines is 1. The van der Waals surface area contributed by atoms with Crippen LogP contribution in [0.25, 0.3) is 33.6 Å². The maximum Gasteiger partial charge on any atom is 0.298 e. The van der Waals surface area contributed by atoms with Gasteiger partial charge in [-0.05, 0) is 56.2 Å². The molecule has 0 saturated heterocycles. The SMILES string of the molecule is CCN(CCCCCSc1nc(-c2ccc(N(C)C)cc2)c(-c2ccc(N(C)C)cc2)[nH]1)c1nc2ccccc2o1. The van der Waals surface area contributed by atoms with E-state index < -0.39 is 0 Å². The zero-order valence-electron chi connectivity index (χ0n) is 24.7. The quantitative estimate of drug-likeness (QED) is 0.115. The number of H-pyrrole nitrogens is 1. The molecule has 7 nitrogen and oxygen atoms in total. The average Bonchev–Trinajstić information content (AvgIpc) is 3.61. The summed E-state index contributed by atoms with van der Waals surface area (Å²) >= 11 is 1.80. The first-order valence-corrected chi connectivity index (χ1v) is 15.3. The number of unbranched alkanes of at least 4 members (excludes halogenated alkanes) is 2. The van der Waals surface area contributed by atoms with Gasteiger partial charge in [-0.1, -0.05) is 54.6 Å². The largest absolute Gasteiger partial charge is 0.423 e. The summed E-state index contributed by atoms with van der Waals surface area (Å²) in [5.74, 6) is 1.01. The van der Waals surface area contributed by atoms with Crippen LogP contribution in [-0.4, -0.2) is 62.0 Å². The molecule has 1 N–H and O–H groups in total. The number of hydrogen-bond donors (Lipinski definition) is 1. The number of anilines is 3. The molecule has 0 aliphatic heterocycles. The number of hydrogen-bond acceptors (Lipinski definition) is 7. The summed E-state index contributed by atoms with van der Waals surface area (Å²) < 4.78 is 5.97. The van der Waals surface area contributed by atoms with Crippen LogP contribution in [0.15, 0.2) is 82.4 Å². The van der Waals surface area contributed by atoms with E-state index in [2.05, 4.69) is 108 Å². The predicted octanol–water partition coefficient (Wildman–Crippen LogP) is 7.81. The minimum absolute atomic E-state index is 0.718. The van der Waals surface area contributed by atoms with Gasteiger partial charge in [-0.25, -0.2) is 4.98 Å². The molecule has 2 aromatic heterocycles. The molecule has 0 bridgehead atoms. The summed E-state index contributed by atoms with van der Waals surface area (Å²) in [7, 11) is 8.25. The number of aromatic nitrogens is 3. The Labute approximate surface area is 247 Å². The third kappa shape index (κ3) is 6.88. The molecule has 0 aliphatic rings. The second kappa shape index (κ2) is 13.2. The van der Waals surface area contributed by atoms with Crippen LogP contribution in [0.3, 0.4) is 0 Å². The third-order valence-electron chi connectivity index (χ3n) is 7.26. The highest BCUT2D eigenvalue weighted by Gasteiger charge is 2.16. The third-order valence-corrected chi connectivity index (χ3v) is 8.22. The fourth-order valence-electron chi connectivity index (χ4n) is 4.82. The molecule has 0 amide bonds. The number of fused-ring (bicyclic) bond motifs is 1. The van der Waals surface area contributed by atoms with E-state index in [0.29, 0.717) is 0 Å². The molecule has 0 aliphatic carbocycles. The van der Waals surface area contributed by atoms with Crippen LogP contribution in [0.2, 0.25) is 0 Å². The van der Waals surface area contributed by atoms with Crippen LogP contribution in [0.1, 0.15) is 26.2 Å². The number of rotatable bonds is 13. The Morgan fingerprint density at radius 3 is 2.05 bits per heavy atom. The average molecular weight is 569 g/mol. The van der Waals surface area contributed by atoms with Gasteiger partial charge in [0.2, 0.25) is 0 Å². The van der Waals surface area contributed by atoms with Gasteiger partial charge in [0, 0.05) is 69.5 Å². The highest BCUT2D eigenvalue weighted by atomic mass is 32.2. The number of nitrogens with zero attached hydrogens (tertiary/aromatic N) is 5. The van der Waals surface area contributed by atoms with E-state index in [1.807, 2.05) is 24.3 Å². The second-order valence-electron chi connectivity index (χ2n) is 10.6. The van der Waals surface area contributed by atoms with Gasteiger partial charge in [-0.2, -0.15) is 4.98 Å². The molecular formula is C33H40N6OS. The van der Waals surface area contributed by atoms with Crippen molar-refractivity contribution in [2.24, 2.45) is 0 Å². The van der Waals surface area contributed by atoms with Crippen LogP contribution in [-0.2, 0) is 0 Å². The van der Waals surface area contributed by atoms with Crippen molar-refractivity contribution in [2.45, 2.75) is 31.3 Å². The molecule has 41 heavy (non-hydrogen) atoms. The van der Waals surface area contributed by atoms with Crippen molar-refractivity contribution in [1.82, 2.24) is 15.0 Å². The van der Waals surface area contributed by atoms with Gasteiger partial charge in [0.1, 0.15) is 5.52 Å². The minimum atomic E-state index is 0.718. The van der Waals surface area contributed by atoms with Gasteiger partial charge in [-0.15, -0.1) is 0 Å². The Hall–Kier alpha value is -3.91. The summed E-state index contributed by atoms with van der Waals surface area (Å²) in [6.45, 7) is 3.97. The summed E-state index contributed by atoms with van der Waals surface area (Å²) in [5.41, 5.74) is 8.42. The lowest BCUT2D eigenvalue weighted by Gasteiger charge is -2.17. The molecule has 5 rings (SSSR count). The molecular weight excluding hydrogens is 528 g/mol. The van der Waals surface area contributed by atoms with Gasteiger partial charge in [0.05, 0.1) is 11.4 Å². The van der Waals surface area contributed by atoms with Crippen molar-refractivity contribution in [2.75, 3.05) is 61.7 Å². The normalized spacial score (nSPS) is 11.2. The van der Waals surface area contributed by atoms with Crippen molar-refractivity contribution in [3.8, 4) is 22.5 Å². The number of imidazole rings is 1. The minimum Gasteiger partial charge on any atom is -0.423 e. The molecule has 0 unspecified atom stereocenters. The molecule has 8 heteroatoms. The van der Waals surface area contributed by atoms with Gasteiger partial charge < -0.3 is 24.1 Å². The van der Waals surface area contributed by atoms with E-state index in [0.717, 1.165) is 82.9 Å². The highest BCUT2D eigenvalue weighted by Crippen LogP contribution is 2.34. The fourth-order valence-corrected chi connectivity index (χ4v) is 5.69. The fraction of sp³-hybridized carbons (Fsp3) is 0.333. The predicted molar refractivity (Wildman–Crippen MR) is 175 cm³/mol. The number of para-hydroxylation sites is 2. The van der Waals surface area contributed by atoms with E-state index in [4.69, 9.17) is 9.40 Å². The maximum atomic E-state index is 5.97. The summed E-state index contributed by atoms with van der Waals surface area (Å²) in [5, 5.41) is 0.963. The van der Waals surface area contributed by atoms with Gasteiger partial charge >= 0.3 is 0 Å². The Kier molecular flexibility index (Phi) is 9.19. The first kappa shape index (κ1) is 28.6. The van der Waals surface area contributed by atoms with Crippen LogP contribution in [0, 0.1) is 0 Å². The maximum absolute atomic E-state index is 5.97. The van der Waals surface area contributed by atoms with Crippen LogP contribution in [0.5, 0.6) is 0 Å². The van der Waals surface area contributed by atoms with Crippen molar-refractivity contribution >= 4 is 40.3 Å². The van der Waals surface area contributed by atoms with Crippen molar-refractivity contribution in [1.29, 1.82) is 0 Å². The van der Waals surface area contributed by atoms with E-state index in [9.17, 15) is 0 Å². The first-order chi connectivity index (χ1) is 19.9. The lowest BCUT2D eigenvalue weighted by Crippen LogP contribution is -2.24. The first-order valence-electron chi connectivity index (χ1n) is 14.3.